The number of allylic oxidation sites excluding steroid dienone is 4. The first-order chi connectivity index (χ1) is 16.5. The Morgan fingerprint density at radius 3 is 2.74 bits per heavy atom. The molecule has 0 atom stereocenters. The van der Waals surface area contributed by atoms with E-state index in [1.54, 1.807) is 23.6 Å². The number of nitrogens with one attached hydrogen (secondary N) is 2. The number of hydrogen-bond acceptors (Lipinski definition) is 4. The number of aromatic amines is 2. The van der Waals surface area contributed by atoms with Gasteiger partial charge in [0.2, 0.25) is 0 Å². The second-order valence-corrected chi connectivity index (χ2v) is 8.96. The van der Waals surface area contributed by atoms with E-state index in [1.807, 2.05) is 56.3 Å². The number of pyridine rings is 1. The van der Waals surface area contributed by atoms with Gasteiger partial charge in [-0.15, -0.1) is 0 Å². The van der Waals surface area contributed by atoms with Crippen LogP contribution in [0.15, 0.2) is 77.8 Å². The Hall–Kier alpha value is -3.97. The fourth-order valence-corrected chi connectivity index (χ4v) is 4.80. The third-order valence-electron chi connectivity index (χ3n) is 5.92. The number of hydrogen-bond donors (Lipinski definition) is 2. The normalized spacial score (nSPS) is 12.6. The van der Waals surface area contributed by atoms with E-state index >= 15 is 4.39 Å². The Balaban J connectivity index is 1.66. The largest absolute Gasteiger partial charge is 0.378 e. The first-order valence-corrected chi connectivity index (χ1v) is 11.8. The zero-order valence-electron chi connectivity index (χ0n) is 19.2. The molecule has 170 valence electrons. The molecule has 0 aliphatic carbocycles. The van der Waals surface area contributed by atoms with Crippen molar-refractivity contribution >= 4 is 38.8 Å². The first kappa shape index (κ1) is 21.9. The number of rotatable bonds is 6. The molecule has 34 heavy (non-hydrogen) atoms. The lowest BCUT2D eigenvalue weighted by molar-refractivity contribution is 0.530. The Labute approximate surface area is 201 Å². The molecule has 0 fully saturated rings. The van der Waals surface area contributed by atoms with E-state index in [2.05, 4.69) is 43.6 Å². The molecule has 7 heteroatoms. The third-order valence-corrected chi connectivity index (χ3v) is 6.60. The molecule has 4 heterocycles. The molecule has 0 radical (unpaired) electrons. The average molecular weight is 470 g/mol. The number of H-pyrrole nitrogens is 2. The Morgan fingerprint density at radius 1 is 1.18 bits per heavy atom. The van der Waals surface area contributed by atoms with E-state index in [4.69, 9.17) is 0 Å². The van der Waals surface area contributed by atoms with Crippen LogP contribution >= 0.6 is 11.3 Å². The number of benzene rings is 1. The van der Waals surface area contributed by atoms with Crippen LogP contribution in [-0.2, 0) is 0 Å². The van der Waals surface area contributed by atoms with E-state index in [-0.39, 0.29) is 5.82 Å². The molecule has 5 rings (SSSR count). The van der Waals surface area contributed by atoms with Gasteiger partial charge < -0.3 is 9.88 Å². The summed E-state index contributed by atoms with van der Waals surface area (Å²) in [5, 5.41) is 13.2. The Kier molecular flexibility index (Phi) is 5.63. The highest BCUT2D eigenvalue weighted by atomic mass is 32.1. The molecule has 5 nitrogen and oxygen atoms in total. The number of halogens is 1. The summed E-state index contributed by atoms with van der Waals surface area (Å²) in [5.41, 5.74) is 7.46. The van der Waals surface area contributed by atoms with Crippen molar-refractivity contribution in [3.63, 3.8) is 0 Å². The van der Waals surface area contributed by atoms with Crippen LogP contribution in [0.4, 0.5) is 4.39 Å². The Morgan fingerprint density at radius 2 is 2.03 bits per heavy atom. The molecule has 0 bridgehead atoms. The summed E-state index contributed by atoms with van der Waals surface area (Å²) in [4.78, 5) is 9.86. The number of thiophene rings is 1. The highest BCUT2D eigenvalue weighted by Crippen LogP contribution is 2.35. The molecule has 0 saturated carbocycles. The molecule has 0 saturated heterocycles. The minimum atomic E-state index is -0.374. The molecule has 0 aliphatic heterocycles. The third kappa shape index (κ3) is 3.74. The quantitative estimate of drug-likeness (QED) is 0.263. The molecule has 0 unspecified atom stereocenters. The molecule has 1 aromatic carbocycles. The maximum atomic E-state index is 15.1. The van der Waals surface area contributed by atoms with Crippen LogP contribution in [0.3, 0.4) is 0 Å². The zero-order chi connectivity index (χ0) is 23.8. The summed E-state index contributed by atoms with van der Waals surface area (Å²) >= 11 is 1.66. The van der Waals surface area contributed by atoms with Crippen LogP contribution in [0.5, 0.6) is 0 Å². The SMILES string of the molecule is C=C/C(=C\C(=C/C)c1cc(F)c2n[nH]c(-c3cc4c(-c5ccsc5)ccnc4[nH]3)c2c1)N(C)C. The van der Waals surface area contributed by atoms with Crippen LogP contribution in [0, 0.1) is 5.82 Å². The number of aromatic nitrogens is 4. The van der Waals surface area contributed by atoms with Gasteiger partial charge in [0.05, 0.1) is 11.4 Å². The van der Waals surface area contributed by atoms with Crippen molar-refractivity contribution < 1.29 is 4.39 Å². The summed E-state index contributed by atoms with van der Waals surface area (Å²) in [6, 6.07) is 9.65. The summed E-state index contributed by atoms with van der Waals surface area (Å²) in [6.45, 7) is 5.83. The molecule has 0 amide bonds. The predicted octanol–water partition coefficient (Wildman–Crippen LogP) is 7.01. The molecule has 5 aromatic rings. The minimum Gasteiger partial charge on any atom is -0.378 e. The van der Waals surface area contributed by atoms with Gasteiger partial charge in [0.25, 0.3) is 0 Å². The van der Waals surface area contributed by atoms with Gasteiger partial charge in [-0.05, 0) is 82.4 Å². The van der Waals surface area contributed by atoms with Crippen molar-refractivity contribution in [1.82, 2.24) is 25.1 Å². The summed E-state index contributed by atoms with van der Waals surface area (Å²) in [6.07, 6.45) is 7.54. The Bertz CT molecular complexity index is 1570. The van der Waals surface area contributed by atoms with Crippen LogP contribution in [0.25, 0.3) is 50.0 Å². The van der Waals surface area contributed by atoms with E-state index in [1.165, 1.54) is 6.07 Å². The molecular weight excluding hydrogens is 445 g/mol. The van der Waals surface area contributed by atoms with Gasteiger partial charge in [-0.25, -0.2) is 9.37 Å². The van der Waals surface area contributed by atoms with Gasteiger partial charge in [-0.2, -0.15) is 16.4 Å². The fourth-order valence-electron chi connectivity index (χ4n) is 4.14. The molecule has 0 spiro atoms. The van der Waals surface area contributed by atoms with Crippen molar-refractivity contribution in [2.75, 3.05) is 14.1 Å². The standard InChI is InChI=1S/C27H24FN5S/c1-5-16(11-19(6-2)33(3)4)18-12-22-25(23(28)13-18)31-32-26(22)24-14-21-20(17-8-10-34-15-17)7-9-29-27(21)30-24/h5-15H,2H2,1,3-4H3,(H,29,30)(H,31,32)/b16-5+,19-11+. The number of likely N-dealkylation sites (N-methyl/N-ethyl adjacent to an activating group) is 1. The van der Waals surface area contributed by atoms with Crippen molar-refractivity contribution in [2.24, 2.45) is 0 Å². The monoisotopic (exact) mass is 469 g/mol. The predicted molar refractivity (Wildman–Crippen MR) is 140 cm³/mol. The topological polar surface area (TPSA) is 60.6 Å². The van der Waals surface area contributed by atoms with Gasteiger partial charge >= 0.3 is 0 Å². The summed E-state index contributed by atoms with van der Waals surface area (Å²) in [7, 11) is 3.90. The molecule has 0 aliphatic rings. The van der Waals surface area contributed by atoms with Crippen LogP contribution < -0.4 is 0 Å². The lowest BCUT2D eigenvalue weighted by Crippen LogP contribution is -2.09. The van der Waals surface area contributed by atoms with E-state index in [0.717, 1.165) is 50.4 Å². The van der Waals surface area contributed by atoms with Gasteiger partial charge in [-0.1, -0.05) is 12.7 Å². The second kappa shape index (κ2) is 8.76. The molecule has 2 N–H and O–H groups in total. The highest BCUT2D eigenvalue weighted by molar-refractivity contribution is 7.08. The van der Waals surface area contributed by atoms with Crippen molar-refractivity contribution in [2.45, 2.75) is 6.92 Å². The summed E-state index contributed by atoms with van der Waals surface area (Å²) in [5.74, 6) is -0.374. The minimum absolute atomic E-state index is 0.305. The lowest BCUT2D eigenvalue weighted by Gasteiger charge is -2.14. The second-order valence-electron chi connectivity index (χ2n) is 8.18. The highest BCUT2D eigenvalue weighted by Gasteiger charge is 2.17. The van der Waals surface area contributed by atoms with E-state index in [0.29, 0.717) is 10.9 Å². The summed E-state index contributed by atoms with van der Waals surface area (Å²) < 4.78 is 15.1. The smallest absolute Gasteiger partial charge is 0.151 e. The number of fused-ring (bicyclic) bond motifs is 2. The van der Waals surface area contributed by atoms with Crippen LogP contribution in [0.1, 0.15) is 12.5 Å². The van der Waals surface area contributed by atoms with Crippen LogP contribution in [0.2, 0.25) is 0 Å². The molecular formula is C27H24FN5S. The average Bonchev–Trinajstić information content (AvgIpc) is 3.58. The lowest BCUT2D eigenvalue weighted by atomic mass is 10.0. The van der Waals surface area contributed by atoms with Crippen molar-refractivity contribution in [3.05, 3.63) is 89.2 Å². The number of nitrogens with zero attached hydrogens (tertiary/aromatic N) is 3. The maximum absolute atomic E-state index is 15.1. The van der Waals surface area contributed by atoms with Crippen LogP contribution in [-0.4, -0.2) is 39.2 Å². The van der Waals surface area contributed by atoms with Crippen molar-refractivity contribution in [3.8, 4) is 22.5 Å². The maximum Gasteiger partial charge on any atom is 0.151 e. The van der Waals surface area contributed by atoms with Gasteiger partial charge in [0, 0.05) is 36.8 Å². The fraction of sp³-hybridized carbons (Fsp3) is 0.111. The first-order valence-electron chi connectivity index (χ1n) is 10.9. The van der Waals surface area contributed by atoms with E-state index < -0.39 is 0 Å². The van der Waals surface area contributed by atoms with Gasteiger partial charge in [0.1, 0.15) is 11.2 Å². The zero-order valence-corrected chi connectivity index (χ0v) is 20.0. The van der Waals surface area contributed by atoms with E-state index in [9.17, 15) is 0 Å². The van der Waals surface area contributed by atoms with Gasteiger partial charge in [0.15, 0.2) is 5.82 Å². The van der Waals surface area contributed by atoms with Crippen molar-refractivity contribution in [1.29, 1.82) is 0 Å². The molecule has 4 aromatic heterocycles. The van der Waals surface area contributed by atoms with Gasteiger partial charge in [-0.3, -0.25) is 5.10 Å².